The van der Waals surface area contributed by atoms with E-state index in [0.717, 1.165) is 10.9 Å². The summed E-state index contributed by atoms with van der Waals surface area (Å²) in [7, 11) is 0. The lowest BCUT2D eigenvalue weighted by molar-refractivity contribution is 0.102. The summed E-state index contributed by atoms with van der Waals surface area (Å²) in [6, 6.07) is 18.3. The van der Waals surface area contributed by atoms with E-state index >= 15 is 0 Å². The number of amides is 1. The van der Waals surface area contributed by atoms with Crippen LogP contribution in [0.25, 0.3) is 27.6 Å². The molecule has 5 rings (SSSR count). The van der Waals surface area contributed by atoms with E-state index in [2.05, 4.69) is 15.3 Å². The first-order chi connectivity index (χ1) is 15.1. The van der Waals surface area contributed by atoms with Gasteiger partial charge in [0.1, 0.15) is 17.0 Å². The second kappa shape index (κ2) is 7.46. The lowest BCUT2D eigenvalue weighted by Gasteiger charge is -2.13. The first-order valence-corrected chi connectivity index (χ1v) is 9.53. The predicted molar refractivity (Wildman–Crippen MR) is 117 cm³/mol. The molecule has 0 fully saturated rings. The summed E-state index contributed by atoms with van der Waals surface area (Å²) in [4.78, 5) is 34.7. The van der Waals surface area contributed by atoms with Gasteiger partial charge in [0.15, 0.2) is 0 Å². The zero-order valence-corrected chi connectivity index (χ0v) is 16.1. The zero-order chi connectivity index (χ0) is 21.4. The van der Waals surface area contributed by atoms with Crippen LogP contribution in [0.4, 0.5) is 10.1 Å². The Kier molecular flexibility index (Phi) is 4.48. The van der Waals surface area contributed by atoms with Crippen molar-refractivity contribution in [1.29, 1.82) is 0 Å². The molecular weight excluding hydrogens is 395 g/mol. The van der Waals surface area contributed by atoms with Crippen LogP contribution < -0.4 is 10.7 Å². The van der Waals surface area contributed by atoms with E-state index in [1.165, 1.54) is 18.3 Å². The monoisotopic (exact) mass is 410 g/mol. The number of hydrogen-bond acceptors (Lipinski definition) is 4. The Morgan fingerprint density at radius 3 is 2.61 bits per heavy atom. The molecule has 7 heteroatoms. The van der Waals surface area contributed by atoms with Crippen LogP contribution in [-0.4, -0.2) is 20.4 Å². The minimum Gasteiger partial charge on any atom is -0.320 e. The Hall–Kier alpha value is -4.39. The van der Waals surface area contributed by atoms with E-state index in [4.69, 9.17) is 0 Å². The van der Waals surface area contributed by atoms with E-state index in [9.17, 15) is 14.0 Å². The highest BCUT2D eigenvalue weighted by Crippen LogP contribution is 2.19. The van der Waals surface area contributed by atoms with E-state index in [1.54, 1.807) is 47.3 Å². The van der Waals surface area contributed by atoms with Gasteiger partial charge in [0.2, 0.25) is 5.43 Å². The highest BCUT2D eigenvalue weighted by Gasteiger charge is 2.17. The normalized spacial score (nSPS) is 11.0. The number of rotatable bonds is 3. The van der Waals surface area contributed by atoms with Crippen LogP contribution >= 0.6 is 0 Å². The standard InChI is InChI=1S/C24H15FN4O2/c25-16-7-9-18(10-8-16)29-14-20(22(30)19-5-3-11-26-23(19)29)24(31)28-17-12-15-4-1-2-6-21(15)27-13-17/h1-14H,(H,28,31). The van der Waals surface area contributed by atoms with Gasteiger partial charge < -0.3 is 9.88 Å². The van der Waals surface area contributed by atoms with Crippen LogP contribution in [0.3, 0.4) is 0 Å². The molecule has 1 N–H and O–H groups in total. The molecule has 1 amide bonds. The Balaban J connectivity index is 1.61. The Labute approximate surface area is 175 Å². The van der Waals surface area contributed by atoms with Gasteiger partial charge >= 0.3 is 0 Å². The second-order valence-corrected chi connectivity index (χ2v) is 6.96. The number of carbonyl (C=O) groups excluding carboxylic acids is 1. The van der Waals surface area contributed by atoms with Crippen LogP contribution in [0.1, 0.15) is 10.4 Å². The molecule has 6 nitrogen and oxygen atoms in total. The van der Waals surface area contributed by atoms with Crippen molar-refractivity contribution < 1.29 is 9.18 Å². The molecule has 0 saturated heterocycles. The van der Waals surface area contributed by atoms with Crippen molar-refractivity contribution >= 4 is 33.5 Å². The van der Waals surface area contributed by atoms with Crippen molar-refractivity contribution in [3.63, 3.8) is 0 Å². The highest BCUT2D eigenvalue weighted by atomic mass is 19.1. The molecule has 0 aliphatic carbocycles. The summed E-state index contributed by atoms with van der Waals surface area (Å²) < 4.78 is 15.0. The van der Waals surface area contributed by atoms with Gasteiger partial charge in [-0.3, -0.25) is 14.6 Å². The molecule has 0 radical (unpaired) electrons. The number of nitrogens with one attached hydrogen (secondary N) is 1. The number of hydrogen-bond donors (Lipinski definition) is 1. The molecular formula is C24H15FN4O2. The van der Waals surface area contributed by atoms with Gasteiger partial charge in [0, 0.05) is 23.5 Å². The predicted octanol–water partition coefficient (Wildman–Crippen LogP) is 4.33. The first-order valence-electron chi connectivity index (χ1n) is 9.53. The van der Waals surface area contributed by atoms with Crippen LogP contribution in [0.2, 0.25) is 0 Å². The number of aromatic nitrogens is 3. The summed E-state index contributed by atoms with van der Waals surface area (Å²) in [5.41, 5.74) is 1.74. The van der Waals surface area contributed by atoms with Crippen LogP contribution in [-0.2, 0) is 0 Å². The average molecular weight is 410 g/mol. The molecule has 150 valence electrons. The molecule has 31 heavy (non-hydrogen) atoms. The summed E-state index contributed by atoms with van der Waals surface area (Å²) in [6.07, 6.45) is 4.53. The molecule has 0 saturated carbocycles. The molecule has 3 heterocycles. The maximum absolute atomic E-state index is 13.4. The number of carbonyl (C=O) groups is 1. The number of benzene rings is 2. The highest BCUT2D eigenvalue weighted by molar-refractivity contribution is 6.06. The molecule has 0 aliphatic heterocycles. The molecule has 2 aromatic carbocycles. The third-order valence-electron chi connectivity index (χ3n) is 4.96. The quantitative estimate of drug-likeness (QED) is 0.480. The molecule has 5 aromatic rings. The number of pyridine rings is 3. The van der Waals surface area contributed by atoms with Crippen LogP contribution in [0.15, 0.2) is 90.1 Å². The van der Waals surface area contributed by atoms with E-state index < -0.39 is 11.3 Å². The van der Waals surface area contributed by atoms with Crippen molar-refractivity contribution in [2.24, 2.45) is 0 Å². The van der Waals surface area contributed by atoms with Gasteiger partial charge in [-0.1, -0.05) is 18.2 Å². The SMILES string of the molecule is O=C(Nc1cnc2ccccc2c1)c1cn(-c2ccc(F)cc2)c2ncccc2c1=O. The lowest BCUT2D eigenvalue weighted by Crippen LogP contribution is -2.24. The summed E-state index contributed by atoms with van der Waals surface area (Å²) in [5, 5.41) is 3.90. The van der Waals surface area contributed by atoms with E-state index in [1.807, 2.05) is 24.3 Å². The number of nitrogens with zero attached hydrogens (tertiary/aromatic N) is 3. The summed E-state index contributed by atoms with van der Waals surface area (Å²) in [5.74, 6) is -0.951. The van der Waals surface area contributed by atoms with Gasteiger partial charge in [0.25, 0.3) is 5.91 Å². The lowest BCUT2D eigenvalue weighted by atomic mass is 10.1. The van der Waals surface area contributed by atoms with E-state index in [-0.39, 0.29) is 16.8 Å². The smallest absolute Gasteiger partial charge is 0.261 e. The largest absolute Gasteiger partial charge is 0.320 e. The van der Waals surface area contributed by atoms with E-state index in [0.29, 0.717) is 17.0 Å². The van der Waals surface area contributed by atoms with Crippen molar-refractivity contribution in [2.75, 3.05) is 5.32 Å². The number of anilines is 1. The van der Waals surface area contributed by atoms with Gasteiger partial charge in [0.05, 0.1) is 22.8 Å². The van der Waals surface area contributed by atoms with Crippen molar-refractivity contribution in [3.05, 3.63) is 107 Å². The van der Waals surface area contributed by atoms with Crippen molar-refractivity contribution in [2.45, 2.75) is 0 Å². The van der Waals surface area contributed by atoms with Gasteiger partial charge in [-0.2, -0.15) is 0 Å². The Morgan fingerprint density at radius 2 is 1.77 bits per heavy atom. The molecule has 0 spiro atoms. The fourth-order valence-electron chi connectivity index (χ4n) is 3.46. The maximum Gasteiger partial charge on any atom is 0.261 e. The van der Waals surface area contributed by atoms with Crippen LogP contribution in [0, 0.1) is 5.82 Å². The Bertz CT molecular complexity index is 1510. The minimum atomic E-state index is -0.566. The second-order valence-electron chi connectivity index (χ2n) is 6.96. The fourth-order valence-corrected chi connectivity index (χ4v) is 3.46. The Morgan fingerprint density at radius 1 is 0.968 bits per heavy atom. The van der Waals surface area contributed by atoms with Gasteiger partial charge in [-0.25, -0.2) is 9.37 Å². The molecule has 0 unspecified atom stereocenters. The molecule has 0 bridgehead atoms. The average Bonchev–Trinajstić information content (AvgIpc) is 2.80. The summed E-state index contributed by atoms with van der Waals surface area (Å²) >= 11 is 0. The van der Waals surface area contributed by atoms with Crippen molar-refractivity contribution in [3.8, 4) is 5.69 Å². The number of fused-ring (bicyclic) bond motifs is 2. The first kappa shape index (κ1) is 18.6. The fraction of sp³-hybridized carbons (Fsp3) is 0. The summed E-state index contributed by atoms with van der Waals surface area (Å²) in [6.45, 7) is 0. The van der Waals surface area contributed by atoms with Gasteiger partial charge in [-0.15, -0.1) is 0 Å². The maximum atomic E-state index is 13.4. The molecule has 3 aromatic heterocycles. The molecule has 0 atom stereocenters. The molecule has 0 aliphatic rings. The zero-order valence-electron chi connectivity index (χ0n) is 16.1. The third kappa shape index (κ3) is 3.42. The van der Waals surface area contributed by atoms with Crippen LogP contribution in [0.5, 0.6) is 0 Å². The minimum absolute atomic E-state index is 0.0574. The number of halogens is 1. The topological polar surface area (TPSA) is 76.9 Å². The third-order valence-corrected chi connectivity index (χ3v) is 4.96. The van der Waals surface area contributed by atoms with Crippen molar-refractivity contribution in [1.82, 2.24) is 14.5 Å². The van der Waals surface area contributed by atoms with Gasteiger partial charge in [-0.05, 0) is 48.5 Å². The number of para-hydroxylation sites is 1.